The van der Waals surface area contributed by atoms with Crippen LogP contribution in [0.1, 0.15) is 34.3 Å². The van der Waals surface area contributed by atoms with Gasteiger partial charge in [0.1, 0.15) is 5.76 Å². The van der Waals surface area contributed by atoms with Gasteiger partial charge in [-0.1, -0.05) is 30.3 Å². The Balaban J connectivity index is 1.79. The SMILES string of the molecule is Cc1ccc(C(=O)NCCC(N)c2ccccc2)o1. The van der Waals surface area contributed by atoms with E-state index in [1.165, 1.54) is 0 Å². The monoisotopic (exact) mass is 258 g/mol. The summed E-state index contributed by atoms with van der Waals surface area (Å²) in [5.74, 6) is 0.866. The second kappa shape index (κ2) is 6.20. The first-order valence-corrected chi connectivity index (χ1v) is 6.32. The summed E-state index contributed by atoms with van der Waals surface area (Å²) in [6.07, 6.45) is 0.690. The number of aryl methyl sites for hydroxylation is 1. The highest BCUT2D eigenvalue weighted by Gasteiger charge is 2.10. The van der Waals surface area contributed by atoms with Crippen LogP contribution >= 0.6 is 0 Å². The van der Waals surface area contributed by atoms with Crippen LogP contribution in [0.5, 0.6) is 0 Å². The molecule has 0 aliphatic heterocycles. The molecule has 2 aromatic rings. The van der Waals surface area contributed by atoms with Gasteiger partial charge in [-0.05, 0) is 31.0 Å². The van der Waals surface area contributed by atoms with Gasteiger partial charge in [0.2, 0.25) is 0 Å². The van der Waals surface area contributed by atoms with E-state index in [0.717, 1.165) is 11.3 Å². The average molecular weight is 258 g/mol. The van der Waals surface area contributed by atoms with Crippen molar-refractivity contribution >= 4 is 5.91 Å². The van der Waals surface area contributed by atoms with Crippen LogP contribution in [0.4, 0.5) is 0 Å². The van der Waals surface area contributed by atoms with Crippen LogP contribution in [0.2, 0.25) is 0 Å². The second-order valence-corrected chi connectivity index (χ2v) is 4.47. The van der Waals surface area contributed by atoms with E-state index in [1.54, 1.807) is 12.1 Å². The molecule has 1 atom stereocenters. The van der Waals surface area contributed by atoms with Gasteiger partial charge in [-0.2, -0.15) is 0 Å². The van der Waals surface area contributed by atoms with Crippen LogP contribution in [-0.4, -0.2) is 12.5 Å². The maximum atomic E-state index is 11.7. The molecule has 4 nitrogen and oxygen atoms in total. The van der Waals surface area contributed by atoms with Crippen LogP contribution in [0, 0.1) is 6.92 Å². The number of amides is 1. The fraction of sp³-hybridized carbons (Fsp3) is 0.267. The molecule has 0 aliphatic carbocycles. The molecule has 0 radical (unpaired) electrons. The van der Waals surface area contributed by atoms with Crippen molar-refractivity contribution in [1.29, 1.82) is 0 Å². The Bertz CT molecular complexity index is 534. The van der Waals surface area contributed by atoms with E-state index in [-0.39, 0.29) is 11.9 Å². The van der Waals surface area contributed by atoms with Gasteiger partial charge in [-0.25, -0.2) is 0 Å². The first-order valence-electron chi connectivity index (χ1n) is 6.32. The molecule has 1 amide bonds. The maximum absolute atomic E-state index is 11.7. The number of benzene rings is 1. The summed E-state index contributed by atoms with van der Waals surface area (Å²) in [7, 11) is 0. The summed E-state index contributed by atoms with van der Waals surface area (Å²) in [4.78, 5) is 11.7. The molecule has 3 N–H and O–H groups in total. The van der Waals surface area contributed by atoms with Gasteiger partial charge in [-0.15, -0.1) is 0 Å². The molecule has 1 aromatic heterocycles. The predicted octanol–water partition coefficient (Wildman–Crippen LogP) is 2.41. The zero-order chi connectivity index (χ0) is 13.7. The maximum Gasteiger partial charge on any atom is 0.286 e. The van der Waals surface area contributed by atoms with Crippen molar-refractivity contribution < 1.29 is 9.21 Å². The zero-order valence-corrected chi connectivity index (χ0v) is 10.9. The topological polar surface area (TPSA) is 68.3 Å². The van der Waals surface area contributed by atoms with Gasteiger partial charge >= 0.3 is 0 Å². The highest BCUT2D eigenvalue weighted by atomic mass is 16.3. The highest BCUT2D eigenvalue weighted by molar-refractivity contribution is 5.91. The summed E-state index contributed by atoms with van der Waals surface area (Å²) in [6.45, 7) is 2.33. The molecular weight excluding hydrogens is 240 g/mol. The molecule has 100 valence electrons. The third kappa shape index (κ3) is 3.69. The molecule has 19 heavy (non-hydrogen) atoms. The molecule has 0 aliphatic rings. The Morgan fingerprint density at radius 2 is 2.00 bits per heavy atom. The first kappa shape index (κ1) is 13.4. The minimum absolute atomic E-state index is 0.0696. The number of carbonyl (C=O) groups is 1. The minimum atomic E-state index is -0.201. The van der Waals surface area contributed by atoms with Crippen LogP contribution in [0.25, 0.3) is 0 Å². The summed E-state index contributed by atoms with van der Waals surface area (Å²) in [5, 5.41) is 2.80. The van der Waals surface area contributed by atoms with Gasteiger partial charge in [0, 0.05) is 12.6 Å². The molecule has 1 aromatic carbocycles. The normalized spacial score (nSPS) is 12.1. The quantitative estimate of drug-likeness (QED) is 0.865. The zero-order valence-electron chi connectivity index (χ0n) is 10.9. The molecular formula is C15H18N2O2. The third-order valence-electron chi connectivity index (χ3n) is 2.93. The predicted molar refractivity (Wildman–Crippen MR) is 73.8 cm³/mol. The lowest BCUT2D eigenvalue weighted by Gasteiger charge is -2.12. The summed E-state index contributed by atoms with van der Waals surface area (Å²) < 4.78 is 5.24. The molecule has 0 fully saturated rings. The van der Waals surface area contributed by atoms with E-state index in [0.29, 0.717) is 18.7 Å². The first-order chi connectivity index (χ1) is 9.16. The molecule has 2 rings (SSSR count). The summed E-state index contributed by atoms with van der Waals surface area (Å²) in [5.41, 5.74) is 7.12. The molecule has 0 saturated carbocycles. The Labute approximate surface area is 112 Å². The lowest BCUT2D eigenvalue weighted by atomic mass is 10.1. The number of nitrogens with two attached hydrogens (primary N) is 1. The summed E-state index contributed by atoms with van der Waals surface area (Å²) in [6, 6.07) is 13.2. The van der Waals surface area contributed by atoms with Crippen LogP contribution in [0.3, 0.4) is 0 Å². The lowest BCUT2D eigenvalue weighted by Crippen LogP contribution is -2.26. The van der Waals surface area contributed by atoms with Crippen LogP contribution in [0.15, 0.2) is 46.9 Å². The molecule has 0 spiro atoms. The van der Waals surface area contributed by atoms with Crippen molar-refractivity contribution in [2.45, 2.75) is 19.4 Å². The van der Waals surface area contributed by atoms with Gasteiger partial charge in [0.15, 0.2) is 5.76 Å². The second-order valence-electron chi connectivity index (χ2n) is 4.47. The fourth-order valence-electron chi connectivity index (χ4n) is 1.85. The Kier molecular flexibility index (Phi) is 4.36. The largest absolute Gasteiger partial charge is 0.456 e. The van der Waals surface area contributed by atoms with E-state index in [1.807, 2.05) is 37.3 Å². The Morgan fingerprint density at radius 3 is 2.63 bits per heavy atom. The number of rotatable bonds is 5. The van der Waals surface area contributed by atoms with Crippen molar-refractivity contribution in [2.24, 2.45) is 5.73 Å². The van der Waals surface area contributed by atoms with Gasteiger partial charge in [0.25, 0.3) is 5.91 Å². The fourth-order valence-corrected chi connectivity index (χ4v) is 1.85. The number of hydrogen-bond acceptors (Lipinski definition) is 3. The van der Waals surface area contributed by atoms with Crippen molar-refractivity contribution in [3.8, 4) is 0 Å². The van der Waals surface area contributed by atoms with Gasteiger partial charge in [0.05, 0.1) is 0 Å². The summed E-state index contributed by atoms with van der Waals surface area (Å²) >= 11 is 0. The van der Waals surface area contributed by atoms with E-state index >= 15 is 0 Å². The van der Waals surface area contributed by atoms with Crippen LogP contribution in [-0.2, 0) is 0 Å². The Hall–Kier alpha value is -2.07. The van der Waals surface area contributed by atoms with Gasteiger partial charge in [-0.3, -0.25) is 4.79 Å². The minimum Gasteiger partial charge on any atom is -0.456 e. The molecule has 0 bridgehead atoms. The third-order valence-corrected chi connectivity index (χ3v) is 2.93. The number of hydrogen-bond donors (Lipinski definition) is 2. The van der Waals surface area contributed by atoms with E-state index in [4.69, 9.17) is 10.2 Å². The van der Waals surface area contributed by atoms with Crippen molar-refractivity contribution in [3.05, 3.63) is 59.5 Å². The molecule has 1 unspecified atom stereocenters. The lowest BCUT2D eigenvalue weighted by molar-refractivity contribution is 0.0923. The van der Waals surface area contributed by atoms with E-state index in [2.05, 4.69) is 5.32 Å². The van der Waals surface area contributed by atoms with E-state index < -0.39 is 0 Å². The van der Waals surface area contributed by atoms with Crippen LogP contribution < -0.4 is 11.1 Å². The van der Waals surface area contributed by atoms with E-state index in [9.17, 15) is 4.79 Å². The highest BCUT2D eigenvalue weighted by Crippen LogP contribution is 2.12. The average Bonchev–Trinajstić information content (AvgIpc) is 2.86. The number of carbonyl (C=O) groups excluding carboxylic acids is 1. The molecule has 1 heterocycles. The number of furan rings is 1. The van der Waals surface area contributed by atoms with Crippen molar-refractivity contribution in [3.63, 3.8) is 0 Å². The number of nitrogens with one attached hydrogen (secondary N) is 1. The van der Waals surface area contributed by atoms with Crippen molar-refractivity contribution in [2.75, 3.05) is 6.54 Å². The Morgan fingerprint density at radius 1 is 1.26 bits per heavy atom. The van der Waals surface area contributed by atoms with Gasteiger partial charge < -0.3 is 15.5 Å². The molecule has 0 saturated heterocycles. The standard InChI is InChI=1S/C15H18N2O2/c1-11-7-8-14(19-11)15(18)17-10-9-13(16)12-5-3-2-4-6-12/h2-8,13H,9-10,16H2,1H3,(H,17,18). The molecule has 4 heteroatoms. The smallest absolute Gasteiger partial charge is 0.286 e. The van der Waals surface area contributed by atoms with Crippen molar-refractivity contribution in [1.82, 2.24) is 5.32 Å².